The molecule has 1 saturated heterocycles. The van der Waals surface area contributed by atoms with E-state index in [0.717, 1.165) is 50.9 Å². The number of hydrogen-bond donors (Lipinski definition) is 1. The van der Waals surface area contributed by atoms with Crippen LogP contribution in [0.1, 0.15) is 19.5 Å². The second-order valence-corrected chi connectivity index (χ2v) is 7.21. The summed E-state index contributed by atoms with van der Waals surface area (Å²) in [7, 11) is 0. The zero-order valence-corrected chi connectivity index (χ0v) is 20.0. The summed E-state index contributed by atoms with van der Waals surface area (Å²) >= 11 is 6.17. The van der Waals surface area contributed by atoms with Gasteiger partial charge >= 0.3 is 0 Å². The molecule has 29 heavy (non-hydrogen) atoms. The summed E-state index contributed by atoms with van der Waals surface area (Å²) in [6.45, 7) is 10.1. The van der Waals surface area contributed by atoms with Crippen LogP contribution in [0.15, 0.2) is 46.1 Å². The number of rotatable bonds is 7. The van der Waals surface area contributed by atoms with Crippen LogP contribution in [0.4, 0.5) is 0 Å². The minimum absolute atomic E-state index is 0. The molecular weight excluding hydrogens is 505 g/mol. The molecule has 1 atom stereocenters. The number of nitrogens with one attached hydrogen (secondary N) is 1. The van der Waals surface area contributed by atoms with Gasteiger partial charge in [0.05, 0.1) is 17.3 Å². The van der Waals surface area contributed by atoms with Crippen molar-refractivity contribution < 1.29 is 9.26 Å². The third kappa shape index (κ3) is 7.35. The monoisotopic (exact) mass is 533 g/mol. The molecule has 160 valence electrons. The standard InChI is InChI=1S/C20H28ClN5O2.HI/c1-3-22-20(23-14-16(2)28-19-7-5-4-6-18(19)21)26-11-9-25(10-12-26)15-17-8-13-27-24-17;/h4-8,13,16H,3,9-12,14-15H2,1-2H3,(H,22,23);1H. The molecule has 7 nitrogen and oxygen atoms in total. The Morgan fingerprint density at radius 1 is 1.28 bits per heavy atom. The third-order valence-corrected chi connectivity index (χ3v) is 4.86. The van der Waals surface area contributed by atoms with E-state index < -0.39 is 0 Å². The summed E-state index contributed by atoms with van der Waals surface area (Å²) in [6.07, 6.45) is 1.55. The smallest absolute Gasteiger partial charge is 0.194 e. The second-order valence-electron chi connectivity index (χ2n) is 6.81. The zero-order chi connectivity index (χ0) is 19.8. The maximum Gasteiger partial charge on any atom is 0.194 e. The van der Waals surface area contributed by atoms with E-state index >= 15 is 0 Å². The van der Waals surface area contributed by atoms with E-state index in [2.05, 4.69) is 27.2 Å². The van der Waals surface area contributed by atoms with Crippen LogP contribution in [-0.4, -0.2) is 66.3 Å². The normalized spacial score (nSPS) is 16.2. The molecule has 9 heteroatoms. The van der Waals surface area contributed by atoms with Gasteiger partial charge in [-0.1, -0.05) is 28.9 Å². The Bertz CT molecular complexity index is 751. The Hall–Kier alpha value is -1.52. The predicted molar refractivity (Wildman–Crippen MR) is 126 cm³/mol. The maximum atomic E-state index is 6.17. The van der Waals surface area contributed by atoms with Crippen LogP contribution in [0, 0.1) is 0 Å². The highest BCUT2D eigenvalue weighted by atomic mass is 127. The SMILES string of the molecule is CCNC(=NCC(C)Oc1ccccc1Cl)N1CCN(Cc2ccon2)CC1.I. The molecule has 1 aromatic carbocycles. The highest BCUT2D eigenvalue weighted by molar-refractivity contribution is 14.0. The van der Waals surface area contributed by atoms with Crippen molar-refractivity contribution in [2.45, 2.75) is 26.5 Å². The Morgan fingerprint density at radius 2 is 2.03 bits per heavy atom. The second kappa shape index (κ2) is 12.2. The lowest BCUT2D eigenvalue weighted by Crippen LogP contribution is -2.52. The average Bonchev–Trinajstić information content (AvgIpc) is 3.21. The van der Waals surface area contributed by atoms with Gasteiger partial charge in [0.2, 0.25) is 0 Å². The van der Waals surface area contributed by atoms with E-state index in [1.165, 1.54) is 0 Å². The summed E-state index contributed by atoms with van der Waals surface area (Å²) in [5.74, 6) is 1.62. The van der Waals surface area contributed by atoms with Crippen LogP contribution in [0.3, 0.4) is 0 Å². The van der Waals surface area contributed by atoms with Crippen LogP contribution < -0.4 is 10.1 Å². The van der Waals surface area contributed by atoms with Gasteiger partial charge in [-0.15, -0.1) is 24.0 Å². The van der Waals surface area contributed by atoms with E-state index in [1.807, 2.05) is 37.3 Å². The van der Waals surface area contributed by atoms with Gasteiger partial charge in [-0.25, -0.2) is 4.99 Å². The Kier molecular flexibility index (Phi) is 10.0. The number of ether oxygens (including phenoxy) is 1. The summed E-state index contributed by atoms with van der Waals surface area (Å²) in [5.41, 5.74) is 0.972. The molecule has 2 heterocycles. The van der Waals surface area contributed by atoms with Gasteiger partial charge in [-0.05, 0) is 26.0 Å². The molecule has 1 unspecified atom stereocenters. The van der Waals surface area contributed by atoms with Gasteiger partial charge in [-0.3, -0.25) is 4.90 Å². The Morgan fingerprint density at radius 3 is 2.69 bits per heavy atom. The molecule has 1 aliphatic rings. The highest BCUT2D eigenvalue weighted by Gasteiger charge is 2.20. The minimum Gasteiger partial charge on any atom is -0.487 e. The lowest BCUT2D eigenvalue weighted by Gasteiger charge is -2.36. The number of aromatic nitrogens is 1. The van der Waals surface area contributed by atoms with Gasteiger partial charge in [0.15, 0.2) is 5.96 Å². The fraction of sp³-hybridized carbons (Fsp3) is 0.500. The number of nitrogens with zero attached hydrogens (tertiary/aromatic N) is 4. The van der Waals surface area contributed by atoms with Crippen LogP contribution in [0.2, 0.25) is 5.02 Å². The molecular formula is C20H29ClIN5O2. The van der Waals surface area contributed by atoms with Gasteiger partial charge in [0.1, 0.15) is 18.1 Å². The zero-order valence-electron chi connectivity index (χ0n) is 16.9. The first-order valence-corrected chi connectivity index (χ1v) is 10.1. The first-order valence-electron chi connectivity index (χ1n) is 9.71. The van der Waals surface area contributed by atoms with Gasteiger partial charge in [0.25, 0.3) is 0 Å². The first-order chi connectivity index (χ1) is 13.7. The highest BCUT2D eigenvalue weighted by Crippen LogP contribution is 2.24. The molecule has 1 N–H and O–H groups in total. The van der Waals surface area contributed by atoms with Gasteiger partial charge in [0, 0.05) is 45.3 Å². The molecule has 2 aromatic rings. The van der Waals surface area contributed by atoms with E-state index in [1.54, 1.807) is 6.26 Å². The number of guanidine groups is 1. The van der Waals surface area contributed by atoms with Crippen LogP contribution in [0.25, 0.3) is 0 Å². The molecule has 0 amide bonds. The van der Waals surface area contributed by atoms with Crippen molar-refractivity contribution in [3.63, 3.8) is 0 Å². The van der Waals surface area contributed by atoms with Crippen molar-refractivity contribution in [1.82, 2.24) is 20.3 Å². The number of halogens is 2. The molecule has 1 fully saturated rings. The van der Waals surface area contributed by atoms with E-state index in [9.17, 15) is 0 Å². The molecule has 0 spiro atoms. The summed E-state index contributed by atoms with van der Waals surface area (Å²) < 4.78 is 10.8. The molecule has 0 aliphatic carbocycles. The average molecular weight is 534 g/mol. The number of aliphatic imine (C=N–C) groups is 1. The quantitative estimate of drug-likeness (QED) is 0.334. The van der Waals surface area contributed by atoms with Crippen molar-refractivity contribution in [3.8, 4) is 5.75 Å². The van der Waals surface area contributed by atoms with Gasteiger partial charge in [-0.2, -0.15) is 0 Å². The molecule has 1 aromatic heterocycles. The Labute approximate surface area is 194 Å². The van der Waals surface area contributed by atoms with E-state index in [0.29, 0.717) is 17.3 Å². The number of benzene rings is 1. The minimum atomic E-state index is -0.0676. The van der Waals surface area contributed by atoms with Gasteiger partial charge < -0.3 is 19.5 Å². The summed E-state index contributed by atoms with van der Waals surface area (Å²) in [6, 6.07) is 9.43. The van der Waals surface area contributed by atoms with Crippen LogP contribution >= 0.6 is 35.6 Å². The maximum absolute atomic E-state index is 6.17. The number of piperazine rings is 1. The van der Waals surface area contributed by atoms with Crippen molar-refractivity contribution in [2.24, 2.45) is 4.99 Å². The predicted octanol–water partition coefficient (Wildman–Crippen LogP) is 3.50. The summed E-state index contributed by atoms with van der Waals surface area (Å²) in [4.78, 5) is 9.45. The molecule has 0 saturated carbocycles. The molecule has 0 bridgehead atoms. The summed E-state index contributed by atoms with van der Waals surface area (Å²) in [5, 5.41) is 8.00. The Balaban J connectivity index is 0.00000300. The topological polar surface area (TPSA) is 66.1 Å². The fourth-order valence-corrected chi connectivity index (χ4v) is 3.28. The first kappa shape index (κ1) is 23.8. The van der Waals surface area contributed by atoms with Crippen molar-refractivity contribution in [3.05, 3.63) is 47.3 Å². The number of para-hydroxylation sites is 1. The fourth-order valence-electron chi connectivity index (χ4n) is 3.10. The van der Waals surface area contributed by atoms with Crippen molar-refractivity contribution in [1.29, 1.82) is 0 Å². The lowest BCUT2D eigenvalue weighted by atomic mass is 10.3. The molecule has 1 aliphatic heterocycles. The third-order valence-electron chi connectivity index (χ3n) is 4.55. The van der Waals surface area contributed by atoms with Crippen molar-refractivity contribution in [2.75, 3.05) is 39.3 Å². The van der Waals surface area contributed by atoms with E-state index in [4.69, 9.17) is 25.9 Å². The largest absolute Gasteiger partial charge is 0.487 e. The lowest BCUT2D eigenvalue weighted by molar-refractivity contribution is 0.168. The van der Waals surface area contributed by atoms with Crippen LogP contribution in [0.5, 0.6) is 5.75 Å². The van der Waals surface area contributed by atoms with Crippen LogP contribution in [-0.2, 0) is 6.54 Å². The van der Waals surface area contributed by atoms with Crippen molar-refractivity contribution >= 4 is 41.5 Å². The van der Waals surface area contributed by atoms with E-state index in [-0.39, 0.29) is 30.1 Å². The molecule has 3 rings (SSSR count). The molecule has 0 radical (unpaired) electrons. The number of hydrogen-bond acceptors (Lipinski definition) is 5.